The molecule has 4 unspecified atom stereocenters. The van der Waals surface area contributed by atoms with E-state index in [0.717, 1.165) is 58.2 Å². The van der Waals surface area contributed by atoms with Crippen molar-refractivity contribution in [2.75, 3.05) is 26.2 Å². The van der Waals surface area contributed by atoms with Crippen LogP contribution in [0.5, 0.6) is 5.75 Å². The monoisotopic (exact) mass is 437 g/mol. The zero-order valence-corrected chi connectivity index (χ0v) is 19.1. The molecule has 0 radical (unpaired) electrons. The predicted molar refractivity (Wildman–Crippen MR) is 121 cm³/mol. The molecule has 2 aliphatic heterocycles. The summed E-state index contributed by atoms with van der Waals surface area (Å²) >= 11 is 0. The first kappa shape index (κ1) is 20.5. The van der Waals surface area contributed by atoms with Crippen LogP contribution in [-0.4, -0.2) is 58.6 Å². The number of benzene rings is 1. The number of carbonyl (C=O) groups is 2. The van der Waals surface area contributed by atoms with Crippen LogP contribution < -0.4 is 5.32 Å². The molecule has 6 rings (SSSR count). The summed E-state index contributed by atoms with van der Waals surface area (Å²) in [7, 11) is 0. The number of aryl methyl sites for hydroxylation is 1. The van der Waals surface area contributed by atoms with Gasteiger partial charge in [0.2, 0.25) is 0 Å². The smallest absolute Gasteiger partial charge is 0.325 e. The molecule has 5 atom stereocenters. The molecule has 4 fully saturated rings. The summed E-state index contributed by atoms with van der Waals surface area (Å²) < 4.78 is 0. The maximum absolute atomic E-state index is 13.8. The number of hydrogen-bond donors (Lipinski definition) is 2. The fourth-order valence-corrected chi connectivity index (χ4v) is 8.24. The highest BCUT2D eigenvalue weighted by molar-refractivity contribution is 6.08. The Morgan fingerprint density at radius 3 is 2.72 bits per heavy atom. The third-order valence-corrected chi connectivity index (χ3v) is 9.92. The fourth-order valence-electron chi connectivity index (χ4n) is 8.24. The first-order valence-corrected chi connectivity index (χ1v) is 12.6. The van der Waals surface area contributed by atoms with E-state index in [1.54, 1.807) is 0 Å². The van der Waals surface area contributed by atoms with Gasteiger partial charge >= 0.3 is 6.03 Å². The number of phenols is 1. The van der Waals surface area contributed by atoms with Gasteiger partial charge in [-0.3, -0.25) is 9.69 Å². The van der Waals surface area contributed by atoms with Crippen LogP contribution >= 0.6 is 0 Å². The van der Waals surface area contributed by atoms with Gasteiger partial charge in [0.15, 0.2) is 0 Å². The molecule has 32 heavy (non-hydrogen) atoms. The highest BCUT2D eigenvalue weighted by Crippen LogP contribution is 2.65. The van der Waals surface area contributed by atoms with E-state index in [0.29, 0.717) is 30.0 Å². The molecule has 2 saturated carbocycles. The van der Waals surface area contributed by atoms with Crippen molar-refractivity contribution >= 4 is 11.9 Å². The first-order chi connectivity index (χ1) is 15.4. The van der Waals surface area contributed by atoms with Gasteiger partial charge in [-0.2, -0.15) is 0 Å². The molecule has 2 N–H and O–H groups in total. The molecule has 5 aliphatic rings. The number of aromatic hydroxyl groups is 1. The summed E-state index contributed by atoms with van der Waals surface area (Å²) in [5.41, 5.74) is 1.79. The Hall–Kier alpha value is -2.08. The van der Waals surface area contributed by atoms with Gasteiger partial charge in [-0.1, -0.05) is 13.0 Å². The molecule has 1 spiro atoms. The Labute approximate surface area is 190 Å². The fraction of sp³-hybridized carbons (Fsp3) is 0.692. The second kappa shape index (κ2) is 7.21. The van der Waals surface area contributed by atoms with Crippen molar-refractivity contribution in [2.24, 2.45) is 17.3 Å². The second-order valence-corrected chi connectivity index (χ2v) is 11.1. The molecule has 6 heteroatoms. The molecule has 0 bridgehead atoms. The number of amides is 3. The number of nitrogens with one attached hydrogen (secondary N) is 1. The average Bonchev–Trinajstić information content (AvgIpc) is 3.45. The van der Waals surface area contributed by atoms with Crippen molar-refractivity contribution < 1.29 is 14.7 Å². The molecule has 3 aliphatic carbocycles. The van der Waals surface area contributed by atoms with E-state index in [2.05, 4.69) is 23.2 Å². The van der Waals surface area contributed by atoms with Crippen molar-refractivity contribution in [1.82, 2.24) is 15.1 Å². The minimum absolute atomic E-state index is 0.0336. The number of carbonyl (C=O) groups excluding carboxylic acids is 2. The van der Waals surface area contributed by atoms with Gasteiger partial charge in [-0.05, 0) is 105 Å². The SMILES string of the molecule is C[C@]12CCC3c4ccc(O)cc4CCC3C1CCC21NC(=O)N(CCN2CCCC2)C1=O. The Morgan fingerprint density at radius 2 is 1.91 bits per heavy atom. The Bertz CT molecular complexity index is 958. The van der Waals surface area contributed by atoms with Crippen LogP contribution in [0.2, 0.25) is 0 Å². The topological polar surface area (TPSA) is 72.9 Å². The van der Waals surface area contributed by atoms with Crippen LogP contribution in [0, 0.1) is 17.3 Å². The Balaban J connectivity index is 1.25. The molecule has 2 heterocycles. The summed E-state index contributed by atoms with van der Waals surface area (Å²) in [5.74, 6) is 1.90. The van der Waals surface area contributed by atoms with E-state index in [4.69, 9.17) is 0 Å². The van der Waals surface area contributed by atoms with E-state index >= 15 is 0 Å². The third kappa shape index (κ3) is 2.74. The zero-order valence-electron chi connectivity index (χ0n) is 19.1. The lowest BCUT2D eigenvalue weighted by Gasteiger charge is -2.53. The van der Waals surface area contributed by atoms with Crippen molar-refractivity contribution in [2.45, 2.75) is 69.7 Å². The standard InChI is InChI=1S/C26H35N3O3/c1-25-10-8-20-19-7-5-18(30)16-17(19)4-6-21(20)22(25)9-11-26(25)23(31)29(24(32)27-26)15-14-28-12-2-3-13-28/h5,7,16,20-22,30H,2-4,6,8-15H2,1H3,(H,27,32)/t20?,21?,22?,25-,26?/m0/s1. The molecule has 172 valence electrons. The maximum Gasteiger partial charge on any atom is 0.325 e. The number of nitrogens with zero attached hydrogens (tertiary/aromatic N) is 2. The largest absolute Gasteiger partial charge is 0.508 e. The highest BCUT2D eigenvalue weighted by Gasteiger charge is 2.69. The van der Waals surface area contributed by atoms with Gasteiger partial charge in [-0.25, -0.2) is 4.79 Å². The molecular weight excluding hydrogens is 402 g/mol. The van der Waals surface area contributed by atoms with Crippen molar-refractivity contribution in [3.8, 4) is 5.75 Å². The lowest BCUT2D eigenvalue weighted by atomic mass is 9.52. The quantitative estimate of drug-likeness (QED) is 0.709. The molecule has 3 amide bonds. The van der Waals surface area contributed by atoms with Gasteiger partial charge in [-0.15, -0.1) is 0 Å². The van der Waals surface area contributed by atoms with Gasteiger partial charge in [0.05, 0.1) is 0 Å². The van der Waals surface area contributed by atoms with Crippen molar-refractivity contribution in [3.05, 3.63) is 29.3 Å². The lowest BCUT2D eigenvalue weighted by molar-refractivity contribution is -0.137. The molecule has 1 aromatic rings. The normalized spacial score (nSPS) is 38.7. The van der Waals surface area contributed by atoms with Crippen LogP contribution in [0.15, 0.2) is 18.2 Å². The summed E-state index contributed by atoms with van der Waals surface area (Å²) in [6.45, 7) is 5.75. The number of rotatable bonds is 3. The van der Waals surface area contributed by atoms with E-state index in [1.165, 1.54) is 28.9 Å². The minimum Gasteiger partial charge on any atom is -0.508 e. The van der Waals surface area contributed by atoms with E-state index in [-0.39, 0.29) is 17.4 Å². The van der Waals surface area contributed by atoms with Crippen LogP contribution in [0.25, 0.3) is 0 Å². The predicted octanol–water partition coefficient (Wildman–Crippen LogP) is 3.63. The van der Waals surface area contributed by atoms with Crippen LogP contribution in [0.1, 0.15) is 68.9 Å². The summed E-state index contributed by atoms with van der Waals surface area (Å²) in [4.78, 5) is 30.7. The number of hydrogen-bond acceptors (Lipinski definition) is 4. The maximum atomic E-state index is 13.8. The molecule has 2 saturated heterocycles. The average molecular weight is 438 g/mol. The molecule has 1 aromatic carbocycles. The molecule has 6 nitrogen and oxygen atoms in total. The Kier molecular flexibility index (Phi) is 4.62. The minimum atomic E-state index is -0.722. The van der Waals surface area contributed by atoms with Crippen molar-refractivity contribution in [1.29, 1.82) is 0 Å². The number of urea groups is 1. The Morgan fingerprint density at radius 1 is 1.09 bits per heavy atom. The zero-order chi connectivity index (χ0) is 22.1. The number of phenolic OH excluding ortho intramolecular Hbond substituents is 1. The number of imide groups is 1. The third-order valence-electron chi connectivity index (χ3n) is 9.92. The van der Waals surface area contributed by atoms with E-state index in [1.807, 2.05) is 12.1 Å². The lowest BCUT2D eigenvalue weighted by Crippen LogP contribution is -2.60. The molecular formula is C26H35N3O3. The molecule has 0 aromatic heterocycles. The highest BCUT2D eigenvalue weighted by atomic mass is 16.3. The van der Waals surface area contributed by atoms with E-state index in [9.17, 15) is 14.7 Å². The van der Waals surface area contributed by atoms with Crippen LogP contribution in [0.4, 0.5) is 4.79 Å². The van der Waals surface area contributed by atoms with Crippen LogP contribution in [-0.2, 0) is 11.2 Å². The van der Waals surface area contributed by atoms with Crippen molar-refractivity contribution in [3.63, 3.8) is 0 Å². The van der Waals surface area contributed by atoms with Gasteiger partial charge in [0.1, 0.15) is 11.3 Å². The van der Waals surface area contributed by atoms with Crippen LogP contribution in [0.3, 0.4) is 0 Å². The van der Waals surface area contributed by atoms with Gasteiger partial charge < -0.3 is 15.3 Å². The first-order valence-electron chi connectivity index (χ1n) is 12.6. The second-order valence-electron chi connectivity index (χ2n) is 11.1. The summed E-state index contributed by atoms with van der Waals surface area (Å²) in [6.07, 6.45) is 8.33. The number of fused-ring (bicyclic) bond motifs is 6. The van der Waals surface area contributed by atoms with Gasteiger partial charge in [0.25, 0.3) is 5.91 Å². The summed E-state index contributed by atoms with van der Waals surface area (Å²) in [6, 6.07) is 5.71. The van der Waals surface area contributed by atoms with Gasteiger partial charge in [0, 0.05) is 18.5 Å². The number of likely N-dealkylation sites (tertiary alicyclic amines) is 1. The summed E-state index contributed by atoms with van der Waals surface area (Å²) in [5, 5.41) is 13.2. The van der Waals surface area contributed by atoms with E-state index < -0.39 is 5.54 Å².